The fourth-order valence-corrected chi connectivity index (χ4v) is 5.44. The summed E-state index contributed by atoms with van der Waals surface area (Å²) in [7, 11) is 0. The van der Waals surface area contributed by atoms with Crippen LogP contribution in [0.3, 0.4) is 0 Å². The van der Waals surface area contributed by atoms with Gasteiger partial charge in [-0.15, -0.1) is 9.73 Å². The van der Waals surface area contributed by atoms with Crippen molar-refractivity contribution in [3.05, 3.63) is 55.2 Å². The molecule has 1 aromatic carbocycles. The van der Waals surface area contributed by atoms with Crippen LogP contribution in [-0.4, -0.2) is 59.7 Å². The SMILES string of the molecule is CCOC(=O)c1nn(-c2c(Cl)cc(Cl)cc2Cl)c(O)c1/C(C)=c1/c(C)nn2nc(C(C)CNC(=O)CC(C)C)nc12. The molecule has 1 unspecified atom stereocenters. The molecule has 41 heavy (non-hydrogen) atoms. The average molecular weight is 623 g/mol. The maximum absolute atomic E-state index is 13.0. The van der Waals surface area contributed by atoms with Gasteiger partial charge in [-0.25, -0.2) is 9.78 Å². The minimum atomic E-state index is -0.752. The number of ether oxygens (including phenoxy) is 1. The predicted molar refractivity (Wildman–Crippen MR) is 156 cm³/mol. The van der Waals surface area contributed by atoms with E-state index in [1.54, 1.807) is 20.8 Å². The quantitative estimate of drug-likeness (QED) is 0.257. The number of amides is 1. The van der Waals surface area contributed by atoms with Crippen LogP contribution in [0.2, 0.25) is 15.1 Å². The monoisotopic (exact) mass is 621 g/mol. The van der Waals surface area contributed by atoms with E-state index in [0.29, 0.717) is 45.9 Å². The molecule has 0 spiro atoms. The van der Waals surface area contributed by atoms with Crippen molar-refractivity contribution in [1.29, 1.82) is 0 Å². The van der Waals surface area contributed by atoms with Crippen LogP contribution in [-0.2, 0) is 9.53 Å². The van der Waals surface area contributed by atoms with E-state index in [4.69, 9.17) is 44.5 Å². The number of rotatable bonds is 9. The minimum Gasteiger partial charge on any atom is -0.493 e. The van der Waals surface area contributed by atoms with Crippen molar-refractivity contribution < 1.29 is 19.4 Å². The summed E-state index contributed by atoms with van der Waals surface area (Å²) >= 11 is 18.9. The molecule has 0 aliphatic rings. The maximum atomic E-state index is 13.0. The number of aromatic nitrogens is 6. The van der Waals surface area contributed by atoms with Crippen molar-refractivity contribution in [2.45, 2.75) is 53.9 Å². The topological polar surface area (TPSA) is 137 Å². The number of hydrogen-bond donors (Lipinski definition) is 2. The zero-order valence-electron chi connectivity index (χ0n) is 23.4. The van der Waals surface area contributed by atoms with E-state index in [1.165, 1.54) is 16.8 Å². The number of esters is 1. The van der Waals surface area contributed by atoms with Gasteiger partial charge in [0.15, 0.2) is 17.2 Å². The van der Waals surface area contributed by atoms with E-state index in [9.17, 15) is 14.7 Å². The van der Waals surface area contributed by atoms with Gasteiger partial charge in [-0.05, 0) is 44.4 Å². The molecule has 1 atom stereocenters. The number of aromatic hydroxyl groups is 1. The van der Waals surface area contributed by atoms with Crippen LogP contribution in [0.15, 0.2) is 12.1 Å². The zero-order valence-corrected chi connectivity index (χ0v) is 25.7. The highest BCUT2D eigenvalue weighted by atomic mass is 35.5. The smallest absolute Gasteiger partial charge is 0.359 e. The predicted octanol–water partition coefficient (Wildman–Crippen LogP) is 4.66. The Hall–Kier alpha value is -3.41. The van der Waals surface area contributed by atoms with Crippen LogP contribution in [0.4, 0.5) is 0 Å². The van der Waals surface area contributed by atoms with Crippen LogP contribution >= 0.6 is 34.8 Å². The summed E-state index contributed by atoms with van der Waals surface area (Å²) in [6, 6.07) is 2.90. The molecule has 14 heteroatoms. The van der Waals surface area contributed by atoms with Gasteiger partial charge in [-0.2, -0.15) is 14.9 Å². The number of aryl methyl sites for hydroxylation is 1. The first-order chi connectivity index (χ1) is 19.3. The standard InChI is InChI=1S/C27H30Cl3N7O4/c1-7-41-27(40)22-21(26(39)36(34-22)23-17(29)9-16(28)10-18(23)30)14(5)20-15(6)33-37-25(20)32-24(35-37)13(4)11-31-19(38)8-12(2)3/h9-10,12-13,39H,7-8,11H2,1-6H3,(H,31,38)/b20-14-. The third-order valence-electron chi connectivity index (χ3n) is 6.35. The fraction of sp³-hybridized carbons (Fsp3) is 0.407. The second-order valence-electron chi connectivity index (χ2n) is 10.1. The molecule has 218 valence electrons. The lowest BCUT2D eigenvalue weighted by molar-refractivity contribution is -0.121. The Bertz CT molecular complexity index is 1670. The van der Waals surface area contributed by atoms with Crippen molar-refractivity contribution in [2.75, 3.05) is 13.2 Å². The van der Waals surface area contributed by atoms with Crippen molar-refractivity contribution >= 4 is 57.9 Å². The number of fused-ring (bicyclic) bond motifs is 1. The van der Waals surface area contributed by atoms with E-state index >= 15 is 0 Å². The summed E-state index contributed by atoms with van der Waals surface area (Å²) in [5.74, 6) is -0.642. The van der Waals surface area contributed by atoms with Crippen LogP contribution in [0, 0.1) is 12.8 Å². The summed E-state index contributed by atoms with van der Waals surface area (Å²) < 4.78 is 7.71. The van der Waals surface area contributed by atoms with Gasteiger partial charge in [0.05, 0.1) is 27.9 Å². The van der Waals surface area contributed by atoms with Crippen LogP contribution in [0.25, 0.3) is 16.9 Å². The summed E-state index contributed by atoms with van der Waals surface area (Å²) in [5, 5.41) is 28.8. The number of halogens is 3. The number of carbonyl (C=O) groups excluding carboxylic acids is 2. The Morgan fingerprint density at radius 3 is 2.37 bits per heavy atom. The molecule has 11 nitrogen and oxygen atoms in total. The first-order valence-electron chi connectivity index (χ1n) is 13.0. The molecule has 4 aromatic rings. The molecule has 0 aliphatic carbocycles. The highest BCUT2D eigenvalue weighted by Gasteiger charge is 2.29. The summed E-state index contributed by atoms with van der Waals surface area (Å²) in [4.78, 5) is 29.8. The first-order valence-corrected chi connectivity index (χ1v) is 14.1. The molecule has 0 saturated heterocycles. The maximum Gasteiger partial charge on any atom is 0.359 e. The molecule has 0 radical (unpaired) electrons. The van der Waals surface area contributed by atoms with Crippen LogP contribution < -0.4 is 10.5 Å². The second kappa shape index (κ2) is 12.2. The van der Waals surface area contributed by atoms with Gasteiger partial charge in [-0.3, -0.25) is 4.79 Å². The van der Waals surface area contributed by atoms with Crippen LogP contribution in [0.5, 0.6) is 5.88 Å². The number of carbonyl (C=O) groups is 2. The third-order valence-corrected chi connectivity index (χ3v) is 7.14. The molecule has 1 amide bonds. The lowest BCUT2D eigenvalue weighted by Crippen LogP contribution is -2.28. The summed E-state index contributed by atoms with van der Waals surface area (Å²) in [6.07, 6.45) is 0.432. The summed E-state index contributed by atoms with van der Waals surface area (Å²) in [5.41, 5.74) is 1.52. The molecule has 4 rings (SSSR count). The molecule has 0 aliphatic heterocycles. The van der Waals surface area contributed by atoms with Gasteiger partial charge in [-0.1, -0.05) is 55.6 Å². The highest BCUT2D eigenvalue weighted by Crippen LogP contribution is 2.37. The Kier molecular flexibility index (Phi) is 9.10. The molecular weight excluding hydrogens is 593 g/mol. The molecule has 0 saturated carbocycles. The summed E-state index contributed by atoms with van der Waals surface area (Å²) in [6.45, 7) is 11.5. The Balaban J connectivity index is 1.86. The Morgan fingerprint density at radius 1 is 1.10 bits per heavy atom. The van der Waals surface area contributed by atoms with Crippen molar-refractivity contribution in [3.63, 3.8) is 0 Å². The van der Waals surface area contributed by atoms with Crippen molar-refractivity contribution in [3.8, 4) is 11.6 Å². The van der Waals surface area contributed by atoms with Gasteiger partial charge < -0.3 is 15.2 Å². The lowest BCUT2D eigenvalue weighted by atomic mass is 10.0. The fourth-order valence-electron chi connectivity index (χ4n) is 4.46. The second-order valence-corrected chi connectivity index (χ2v) is 11.3. The van der Waals surface area contributed by atoms with E-state index in [1.807, 2.05) is 20.8 Å². The van der Waals surface area contributed by atoms with Gasteiger partial charge in [0.1, 0.15) is 5.69 Å². The van der Waals surface area contributed by atoms with E-state index in [0.717, 1.165) is 4.68 Å². The largest absolute Gasteiger partial charge is 0.493 e. The van der Waals surface area contributed by atoms with E-state index in [-0.39, 0.29) is 51.3 Å². The van der Waals surface area contributed by atoms with Crippen LogP contribution in [0.1, 0.15) is 74.5 Å². The van der Waals surface area contributed by atoms with Gasteiger partial charge in [0, 0.05) is 29.1 Å². The van der Waals surface area contributed by atoms with Crippen molar-refractivity contribution in [1.82, 2.24) is 34.9 Å². The van der Waals surface area contributed by atoms with Gasteiger partial charge >= 0.3 is 5.97 Å². The number of hydrogen-bond acceptors (Lipinski definition) is 8. The van der Waals surface area contributed by atoms with Gasteiger partial charge in [0.25, 0.3) is 0 Å². The molecule has 2 N–H and O–H groups in total. The molecule has 0 bridgehead atoms. The van der Waals surface area contributed by atoms with E-state index in [2.05, 4.69) is 20.6 Å². The van der Waals surface area contributed by atoms with Gasteiger partial charge in [0.2, 0.25) is 11.8 Å². The van der Waals surface area contributed by atoms with E-state index < -0.39 is 11.8 Å². The first kappa shape index (κ1) is 30.5. The molecule has 3 heterocycles. The number of nitrogens with zero attached hydrogens (tertiary/aromatic N) is 6. The zero-order chi connectivity index (χ0) is 30.2. The average Bonchev–Trinajstić information content (AvgIpc) is 3.52. The highest BCUT2D eigenvalue weighted by molar-refractivity contribution is 6.40. The molecule has 3 aromatic heterocycles. The minimum absolute atomic E-state index is 0.0382. The lowest BCUT2D eigenvalue weighted by Gasteiger charge is -2.10. The van der Waals surface area contributed by atoms with Crippen molar-refractivity contribution in [2.24, 2.45) is 5.92 Å². The number of nitrogens with one attached hydrogen (secondary N) is 1. The normalized spacial score (nSPS) is 13.1. The molecular formula is C27H30Cl3N7O4. The molecule has 0 fully saturated rings. The Labute approximate surface area is 251 Å². The Morgan fingerprint density at radius 2 is 1.76 bits per heavy atom. The third kappa shape index (κ3) is 6.12. The number of benzene rings is 1.